The number of hydrogen-bond donors (Lipinski definition) is 0. The molecule has 1 aliphatic rings. The van der Waals surface area contributed by atoms with Crippen LogP contribution in [0.25, 0.3) is 16.8 Å². The van der Waals surface area contributed by atoms with Crippen molar-refractivity contribution in [3.63, 3.8) is 0 Å². The average molecular weight is 357 g/mol. The highest BCUT2D eigenvalue weighted by molar-refractivity contribution is 6.13. The zero-order chi connectivity index (χ0) is 18.8. The molecule has 1 aliphatic heterocycles. The molecule has 0 N–H and O–H groups in total. The molecule has 0 atom stereocenters. The number of esters is 2. The molecule has 27 heavy (non-hydrogen) atoms. The lowest BCUT2D eigenvalue weighted by Gasteiger charge is -2.09. The van der Waals surface area contributed by atoms with Crippen molar-refractivity contribution in [2.75, 3.05) is 0 Å². The van der Waals surface area contributed by atoms with E-state index in [2.05, 4.69) is 4.99 Å². The monoisotopic (exact) mass is 357 g/mol. The van der Waals surface area contributed by atoms with Gasteiger partial charge in [0.1, 0.15) is 5.75 Å². The highest BCUT2D eigenvalue weighted by Crippen LogP contribution is 2.32. The molecular weight excluding hydrogens is 342 g/mol. The van der Waals surface area contributed by atoms with Gasteiger partial charge in [-0.2, -0.15) is 0 Å². The number of carbonyl (C=O) groups excluding carboxylic acids is 2. The summed E-state index contributed by atoms with van der Waals surface area (Å²) in [6.07, 6.45) is 1.60. The van der Waals surface area contributed by atoms with Crippen LogP contribution in [-0.4, -0.2) is 17.8 Å². The molecule has 1 heterocycles. The van der Waals surface area contributed by atoms with Crippen molar-refractivity contribution in [2.24, 2.45) is 4.99 Å². The lowest BCUT2D eigenvalue weighted by Crippen LogP contribution is -2.05. The second-order valence-corrected chi connectivity index (χ2v) is 5.99. The predicted molar refractivity (Wildman–Crippen MR) is 102 cm³/mol. The summed E-state index contributed by atoms with van der Waals surface area (Å²) in [5.41, 5.74) is 1.47. The van der Waals surface area contributed by atoms with Crippen LogP contribution in [0.5, 0.6) is 5.75 Å². The van der Waals surface area contributed by atoms with Crippen LogP contribution in [0.15, 0.2) is 77.4 Å². The number of carbonyl (C=O) groups is 2. The maximum atomic E-state index is 12.3. The van der Waals surface area contributed by atoms with Gasteiger partial charge in [-0.15, -0.1) is 0 Å². The van der Waals surface area contributed by atoms with Gasteiger partial charge < -0.3 is 9.47 Å². The molecule has 0 bridgehead atoms. The van der Waals surface area contributed by atoms with Crippen LogP contribution >= 0.6 is 0 Å². The van der Waals surface area contributed by atoms with E-state index in [-0.39, 0.29) is 11.6 Å². The first kappa shape index (κ1) is 16.7. The van der Waals surface area contributed by atoms with Crippen LogP contribution in [0.2, 0.25) is 0 Å². The molecule has 0 saturated heterocycles. The fourth-order valence-corrected chi connectivity index (χ4v) is 2.92. The van der Waals surface area contributed by atoms with Crippen molar-refractivity contribution in [1.29, 1.82) is 0 Å². The minimum absolute atomic E-state index is 0.151. The molecule has 0 fully saturated rings. The van der Waals surface area contributed by atoms with E-state index in [1.807, 2.05) is 60.7 Å². The van der Waals surface area contributed by atoms with Gasteiger partial charge in [0, 0.05) is 18.1 Å². The van der Waals surface area contributed by atoms with E-state index in [9.17, 15) is 9.59 Å². The first-order valence-electron chi connectivity index (χ1n) is 8.40. The van der Waals surface area contributed by atoms with E-state index in [0.29, 0.717) is 16.9 Å². The fourth-order valence-electron chi connectivity index (χ4n) is 2.92. The molecule has 0 unspecified atom stereocenters. The standard InChI is InChI=1S/C22H15NO4/c1-14(24)26-20-12-11-15-7-5-6-10-17(15)18(20)13-19-22(25)27-21(23-19)16-8-3-2-4-9-16/h2-13H,1H3. The molecule has 0 aromatic heterocycles. The summed E-state index contributed by atoms with van der Waals surface area (Å²) in [5, 5.41) is 1.80. The van der Waals surface area contributed by atoms with Crippen LogP contribution in [0, 0.1) is 0 Å². The van der Waals surface area contributed by atoms with Crippen LogP contribution in [0.3, 0.4) is 0 Å². The van der Waals surface area contributed by atoms with Gasteiger partial charge in [0.25, 0.3) is 0 Å². The molecule has 0 spiro atoms. The van der Waals surface area contributed by atoms with Crippen LogP contribution in [0.1, 0.15) is 18.1 Å². The third-order valence-electron chi connectivity index (χ3n) is 4.11. The first-order chi connectivity index (χ1) is 13.1. The van der Waals surface area contributed by atoms with Crippen molar-refractivity contribution in [1.82, 2.24) is 0 Å². The molecule has 0 amide bonds. The van der Waals surface area contributed by atoms with Gasteiger partial charge in [0.15, 0.2) is 5.70 Å². The second kappa shape index (κ2) is 6.88. The Balaban J connectivity index is 1.85. The van der Waals surface area contributed by atoms with Crippen LogP contribution in [-0.2, 0) is 14.3 Å². The Bertz CT molecular complexity index is 1110. The van der Waals surface area contributed by atoms with Gasteiger partial charge in [0.2, 0.25) is 5.90 Å². The van der Waals surface area contributed by atoms with E-state index < -0.39 is 11.9 Å². The third kappa shape index (κ3) is 3.35. The molecule has 0 radical (unpaired) electrons. The van der Waals surface area contributed by atoms with Crippen molar-refractivity contribution >= 4 is 34.7 Å². The predicted octanol–water partition coefficient (Wildman–Crippen LogP) is 4.11. The second-order valence-electron chi connectivity index (χ2n) is 5.99. The lowest BCUT2D eigenvalue weighted by atomic mass is 10.0. The summed E-state index contributed by atoms with van der Waals surface area (Å²) < 4.78 is 10.6. The quantitative estimate of drug-likeness (QED) is 0.402. The number of nitrogens with zero attached hydrogens (tertiary/aromatic N) is 1. The van der Waals surface area contributed by atoms with Gasteiger partial charge in [-0.05, 0) is 35.0 Å². The average Bonchev–Trinajstić information content (AvgIpc) is 3.04. The summed E-state index contributed by atoms with van der Waals surface area (Å²) in [4.78, 5) is 28.1. The Morgan fingerprint density at radius 1 is 1.00 bits per heavy atom. The lowest BCUT2D eigenvalue weighted by molar-refractivity contribution is -0.132. The Morgan fingerprint density at radius 2 is 1.74 bits per heavy atom. The topological polar surface area (TPSA) is 65.0 Å². The number of benzene rings is 3. The van der Waals surface area contributed by atoms with E-state index in [0.717, 1.165) is 10.8 Å². The van der Waals surface area contributed by atoms with Gasteiger partial charge in [-0.25, -0.2) is 9.79 Å². The van der Waals surface area contributed by atoms with Crippen molar-refractivity contribution < 1.29 is 19.1 Å². The van der Waals surface area contributed by atoms with Gasteiger partial charge in [-0.1, -0.05) is 48.5 Å². The molecule has 4 rings (SSSR count). The van der Waals surface area contributed by atoms with Crippen LogP contribution < -0.4 is 4.74 Å². The normalized spacial score (nSPS) is 14.9. The summed E-state index contributed by atoms with van der Waals surface area (Å²) in [5.74, 6) is -0.367. The number of fused-ring (bicyclic) bond motifs is 1. The zero-order valence-corrected chi connectivity index (χ0v) is 14.5. The smallest absolute Gasteiger partial charge is 0.363 e. The van der Waals surface area contributed by atoms with Crippen molar-refractivity contribution in [3.8, 4) is 5.75 Å². The molecule has 3 aromatic rings. The fraction of sp³-hybridized carbons (Fsp3) is 0.0455. The maximum absolute atomic E-state index is 12.3. The Labute approximate surface area is 155 Å². The summed E-state index contributed by atoms with van der Waals surface area (Å²) in [6, 6.07) is 20.4. The molecule has 0 saturated carbocycles. The number of ether oxygens (including phenoxy) is 2. The number of aliphatic imine (C=N–C) groups is 1. The molecule has 0 aliphatic carbocycles. The minimum atomic E-state index is -0.546. The Kier molecular flexibility index (Phi) is 4.26. The number of cyclic esters (lactones) is 1. The molecular formula is C22H15NO4. The van der Waals surface area contributed by atoms with Crippen LogP contribution in [0.4, 0.5) is 0 Å². The van der Waals surface area contributed by atoms with E-state index in [4.69, 9.17) is 9.47 Å². The maximum Gasteiger partial charge on any atom is 0.363 e. The Hall–Kier alpha value is -3.73. The van der Waals surface area contributed by atoms with E-state index in [1.165, 1.54) is 6.92 Å². The summed E-state index contributed by atoms with van der Waals surface area (Å²) in [7, 11) is 0. The van der Waals surface area contributed by atoms with Gasteiger partial charge in [-0.3, -0.25) is 4.79 Å². The van der Waals surface area contributed by atoms with Gasteiger partial charge in [0.05, 0.1) is 0 Å². The first-order valence-corrected chi connectivity index (χ1v) is 8.40. The summed E-state index contributed by atoms with van der Waals surface area (Å²) >= 11 is 0. The van der Waals surface area contributed by atoms with E-state index in [1.54, 1.807) is 12.1 Å². The largest absolute Gasteiger partial charge is 0.426 e. The van der Waals surface area contributed by atoms with E-state index >= 15 is 0 Å². The SMILES string of the molecule is CC(=O)Oc1ccc2ccccc2c1C=C1N=C(c2ccccc2)OC1=O. The molecule has 132 valence electrons. The summed E-state index contributed by atoms with van der Waals surface area (Å²) in [6.45, 7) is 1.33. The minimum Gasteiger partial charge on any atom is -0.426 e. The highest BCUT2D eigenvalue weighted by Gasteiger charge is 2.25. The number of hydrogen-bond acceptors (Lipinski definition) is 5. The Morgan fingerprint density at radius 3 is 2.52 bits per heavy atom. The highest BCUT2D eigenvalue weighted by atomic mass is 16.6. The van der Waals surface area contributed by atoms with Crippen molar-refractivity contribution in [2.45, 2.75) is 6.92 Å². The van der Waals surface area contributed by atoms with Gasteiger partial charge >= 0.3 is 11.9 Å². The third-order valence-corrected chi connectivity index (χ3v) is 4.11. The molecule has 5 heteroatoms. The molecule has 5 nitrogen and oxygen atoms in total. The van der Waals surface area contributed by atoms with Crippen molar-refractivity contribution in [3.05, 3.63) is 83.6 Å². The number of rotatable bonds is 3. The zero-order valence-electron chi connectivity index (χ0n) is 14.5. The molecule has 3 aromatic carbocycles.